The van der Waals surface area contributed by atoms with Crippen LogP contribution in [0.1, 0.15) is 56.0 Å². The number of nitrogens with zero attached hydrogens (tertiary/aromatic N) is 1. The molecule has 3 nitrogen and oxygen atoms in total. The van der Waals surface area contributed by atoms with E-state index in [-0.39, 0.29) is 0 Å². The number of oxazole rings is 1. The van der Waals surface area contributed by atoms with Gasteiger partial charge in [0.2, 0.25) is 0 Å². The second-order valence-electron chi connectivity index (χ2n) is 5.54. The van der Waals surface area contributed by atoms with Gasteiger partial charge in [-0.2, -0.15) is 0 Å². The van der Waals surface area contributed by atoms with Gasteiger partial charge in [-0.25, -0.2) is 4.98 Å². The lowest BCUT2D eigenvalue weighted by molar-refractivity contribution is 0.341. The second kappa shape index (κ2) is 5.21. The maximum Gasteiger partial charge on any atom is 0.194 e. The van der Waals surface area contributed by atoms with Gasteiger partial charge in [-0.3, -0.25) is 0 Å². The van der Waals surface area contributed by atoms with Gasteiger partial charge in [0.1, 0.15) is 6.26 Å². The summed E-state index contributed by atoms with van der Waals surface area (Å²) in [7, 11) is 0. The van der Waals surface area contributed by atoms with E-state index in [2.05, 4.69) is 5.32 Å². The molecule has 3 heteroatoms. The van der Waals surface area contributed by atoms with Crippen LogP contribution < -0.4 is 5.32 Å². The van der Waals surface area contributed by atoms with E-state index >= 15 is 0 Å². The second-order valence-corrected chi connectivity index (χ2v) is 5.54. The molecule has 1 saturated heterocycles. The van der Waals surface area contributed by atoms with E-state index in [4.69, 9.17) is 9.40 Å². The topological polar surface area (TPSA) is 38.1 Å². The van der Waals surface area contributed by atoms with Gasteiger partial charge in [0.25, 0.3) is 0 Å². The molecule has 1 aliphatic heterocycles. The number of hydrogen-bond donors (Lipinski definition) is 1. The third-order valence-electron chi connectivity index (χ3n) is 4.26. The summed E-state index contributed by atoms with van der Waals surface area (Å²) in [6.45, 7) is 2.31. The fraction of sp³-hybridized carbons (Fsp3) is 0.786. The smallest absolute Gasteiger partial charge is 0.194 e. The highest BCUT2D eigenvalue weighted by Gasteiger charge is 2.22. The zero-order valence-electron chi connectivity index (χ0n) is 10.5. The van der Waals surface area contributed by atoms with Crippen LogP contribution in [0, 0.1) is 5.92 Å². The Morgan fingerprint density at radius 1 is 1.18 bits per heavy atom. The number of aromatic nitrogens is 1. The Kier molecular flexibility index (Phi) is 3.46. The van der Waals surface area contributed by atoms with Crippen molar-refractivity contribution in [2.75, 3.05) is 13.1 Å². The molecule has 1 aromatic rings. The summed E-state index contributed by atoms with van der Waals surface area (Å²) in [4.78, 5) is 4.70. The first-order chi connectivity index (χ1) is 8.42. The van der Waals surface area contributed by atoms with Gasteiger partial charge in [-0.05, 0) is 44.7 Å². The molecule has 2 aliphatic rings. The van der Waals surface area contributed by atoms with E-state index in [9.17, 15) is 0 Å². The molecule has 2 heterocycles. The lowest BCUT2D eigenvalue weighted by atomic mass is 9.95. The SMILES string of the molecule is c1oc(CC2CCNCC2)nc1C1CCCC1. The molecule has 94 valence electrons. The Morgan fingerprint density at radius 3 is 2.71 bits per heavy atom. The zero-order chi connectivity index (χ0) is 11.5. The molecule has 3 rings (SSSR count). The van der Waals surface area contributed by atoms with E-state index in [1.165, 1.54) is 44.2 Å². The van der Waals surface area contributed by atoms with Crippen molar-refractivity contribution in [1.29, 1.82) is 0 Å². The molecule has 0 spiro atoms. The number of hydrogen-bond acceptors (Lipinski definition) is 3. The summed E-state index contributed by atoms with van der Waals surface area (Å²) in [5.74, 6) is 2.42. The summed E-state index contributed by atoms with van der Waals surface area (Å²) < 4.78 is 5.65. The van der Waals surface area contributed by atoms with Crippen LogP contribution in [0.25, 0.3) is 0 Å². The monoisotopic (exact) mass is 234 g/mol. The highest BCUT2D eigenvalue weighted by Crippen LogP contribution is 2.33. The van der Waals surface area contributed by atoms with E-state index in [1.807, 2.05) is 6.26 Å². The summed E-state index contributed by atoms with van der Waals surface area (Å²) >= 11 is 0. The molecule has 1 aromatic heterocycles. The highest BCUT2D eigenvalue weighted by atomic mass is 16.3. The van der Waals surface area contributed by atoms with Crippen LogP contribution in [0.15, 0.2) is 10.7 Å². The molecule has 0 bridgehead atoms. The predicted octanol–water partition coefficient (Wildman–Crippen LogP) is 2.87. The number of piperidine rings is 1. The van der Waals surface area contributed by atoms with Gasteiger partial charge in [0, 0.05) is 12.3 Å². The van der Waals surface area contributed by atoms with Gasteiger partial charge < -0.3 is 9.73 Å². The Hall–Kier alpha value is -0.830. The van der Waals surface area contributed by atoms with Crippen LogP contribution in [0.3, 0.4) is 0 Å². The molecule has 0 radical (unpaired) electrons. The molecule has 1 N–H and O–H groups in total. The summed E-state index contributed by atoms with van der Waals surface area (Å²) in [5.41, 5.74) is 1.21. The third kappa shape index (κ3) is 2.71. The number of nitrogens with one attached hydrogen (secondary N) is 1. The van der Waals surface area contributed by atoms with E-state index in [1.54, 1.807) is 0 Å². The third-order valence-corrected chi connectivity index (χ3v) is 4.26. The molecule has 17 heavy (non-hydrogen) atoms. The summed E-state index contributed by atoms with van der Waals surface area (Å²) in [6.07, 6.45) is 10.8. The lowest BCUT2D eigenvalue weighted by Crippen LogP contribution is -2.28. The van der Waals surface area contributed by atoms with Crippen molar-refractivity contribution in [3.05, 3.63) is 17.8 Å². The van der Waals surface area contributed by atoms with Gasteiger partial charge in [-0.15, -0.1) is 0 Å². The molecule has 0 amide bonds. The summed E-state index contributed by atoms with van der Waals surface area (Å²) in [6, 6.07) is 0. The first-order valence-electron chi connectivity index (χ1n) is 7.07. The van der Waals surface area contributed by atoms with Crippen LogP contribution in [-0.4, -0.2) is 18.1 Å². The van der Waals surface area contributed by atoms with Crippen LogP contribution in [0.5, 0.6) is 0 Å². The van der Waals surface area contributed by atoms with Crippen molar-refractivity contribution in [1.82, 2.24) is 10.3 Å². The molecular formula is C14H22N2O. The standard InChI is InChI=1S/C14H22N2O/c1-2-4-12(3-1)13-10-17-14(16-13)9-11-5-7-15-8-6-11/h10-12,15H,1-9H2. The van der Waals surface area contributed by atoms with Gasteiger partial charge in [-0.1, -0.05) is 12.8 Å². The predicted molar refractivity (Wildman–Crippen MR) is 67.0 cm³/mol. The lowest BCUT2D eigenvalue weighted by Gasteiger charge is -2.20. The average Bonchev–Trinajstić information content (AvgIpc) is 3.00. The molecule has 1 saturated carbocycles. The van der Waals surface area contributed by atoms with Crippen LogP contribution in [0.2, 0.25) is 0 Å². The van der Waals surface area contributed by atoms with Crippen molar-refractivity contribution >= 4 is 0 Å². The van der Waals surface area contributed by atoms with Crippen molar-refractivity contribution in [3.63, 3.8) is 0 Å². The molecule has 1 aliphatic carbocycles. The first kappa shape index (κ1) is 11.3. The minimum atomic E-state index is 0.681. The fourth-order valence-electron chi connectivity index (χ4n) is 3.16. The van der Waals surface area contributed by atoms with Crippen LogP contribution in [-0.2, 0) is 6.42 Å². The molecule has 0 aromatic carbocycles. The maximum absolute atomic E-state index is 5.65. The minimum absolute atomic E-state index is 0.681. The minimum Gasteiger partial charge on any atom is -0.449 e. The maximum atomic E-state index is 5.65. The van der Waals surface area contributed by atoms with Crippen LogP contribution in [0.4, 0.5) is 0 Å². The first-order valence-corrected chi connectivity index (χ1v) is 7.07. The fourth-order valence-corrected chi connectivity index (χ4v) is 3.16. The average molecular weight is 234 g/mol. The van der Waals surface area contributed by atoms with Crippen LogP contribution >= 0.6 is 0 Å². The normalized spacial score (nSPS) is 23.3. The zero-order valence-corrected chi connectivity index (χ0v) is 10.5. The van der Waals surface area contributed by atoms with E-state index in [0.717, 1.165) is 31.3 Å². The number of rotatable bonds is 3. The Bertz CT molecular complexity index is 349. The van der Waals surface area contributed by atoms with Crippen molar-refractivity contribution in [3.8, 4) is 0 Å². The van der Waals surface area contributed by atoms with E-state index in [0.29, 0.717) is 5.92 Å². The molecule has 0 unspecified atom stereocenters. The van der Waals surface area contributed by atoms with Gasteiger partial charge in [0.15, 0.2) is 5.89 Å². The highest BCUT2D eigenvalue weighted by molar-refractivity contribution is 5.06. The molecular weight excluding hydrogens is 212 g/mol. The quantitative estimate of drug-likeness (QED) is 0.874. The van der Waals surface area contributed by atoms with Crippen molar-refractivity contribution in [2.45, 2.75) is 50.9 Å². The molecule has 2 fully saturated rings. The Labute approximate surface area is 103 Å². The van der Waals surface area contributed by atoms with Crippen molar-refractivity contribution < 1.29 is 4.42 Å². The van der Waals surface area contributed by atoms with E-state index < -0.39 is 0 Å². The van der Waals surface area contributed by atoms with Gasteiger partial charge in [0.05, 0.1) is 5.69 Å². The summed E-state index contributed by atoms with van der Waals surface area (Å²) in [5, 5.41) is 3.40. The van der Waals surface area contributed by atoms with Crippen molar-refractivity contribution in [2.24, 2.45) is 5.92 Å². The Morgan fingerprint density at radius 2 is 1.94 bits per heavy atom. The van der Waals surface area contributed by atoms with Gasteiger partial charge >= 0.3 is 0 Å². The molecule has 0 atom stereocenters. The Balaban J connectivity index is 1.59. The largest absolute Gasteiger partial charge is 0.449 e.